The van der Waals surface area contributed by atoms with Gasteiger partial charge in [-0.05, 0) is 68.1 Å². The van der Waals surface area contributed by atoms with Crippen molar-refractivity contribution in [2.75, 3.05) is 13.6 Å². The zero-order valence-electron chi connectivity index (χ0n) is 10.6. The van der Waals surface area contributed by atoms with Gasteiger partial charge in [0, 0.05) is 4.88 Å². The lowest BCUT2D eigenvalue weighted by Gasteiger charge is -2.35. The second-order valence-corrected chi connectivity index (χ2v) is 6.39. The van der Waals surface area contributed by atoms with Gasteiger partial charge in [0.1, 0.15) is 0 Å². The van der Waals surface area contributed by atoms with Crippen LogP contribution < -0.4 is 5.32 Å². The van der Waals surface area contributed by atoms with Crippen LogP contribution in [0.2, 0.25) is 0 Å². The van der Waals surface area contributed by atoms with Gasteiger partial charge in [0.2, 0.25) is 0 Å². The van der Waals surface area contributed by atoms with E-state index in [1.165, 1.54) is 30.7 Å². The van der Waals surface area contributed by atoms with E-state index in [1.54, 1.807) is 5.56 Å². The van der Waals surface area contributed by atoms with Crippen LogP contribution in [0.15, 0.2) is 11.4 Å². The maximum Gasteiger partial charge on any atom is 0.00491 e. The Morgan fingerprint density at radius 1 is 1.44 bits per heavy atom. The van der Waals surface area contributed by atoms with Crippen LogP contribution in [-0.2, 0) is 0 Å². The van der Waals surface area contributed by atoms with Crippen LogP contribution in [0.4, 0.5) is 0 Å². The molecule has 0 spiro atoms. The van der Waals surface area contributed by atoms with Gasteiger partial charge in [-0.1, -0.05) is 13.3 Å². The molecule has 90 valence electrons. The van der Waals surface area contributed by atoms with Crippen molar-refractivity contribution in [1.29, 1.82) is 0 Å². The van der Waals surface area contributed by atoms with Crippen molar-refractivity contribution >= 4 is 11.3 Å². The molecule has 1 saturated carbocycles. The lowest BCUT2D eigenvalue weighted by Crippen LogP contribution is -2.30. The first-order valence-corrected chi connectivity index (χ1v) is 7.29. The number of aryl methyl sites for hydroxylation is 1. The normalized spacial score (nSPS) is 30.6. The van der Waals surface area contributed by atoms with E-state index in [1.807, 2.05) is 11.3 Å². The lowest BCUT2D eigenvalue weighted by atomic mass is 9.71. The summed E-state index contributed by atoms with van der Waals surface area (Å²) in [6.07, 6.45) is 4.18. The van der Waals surface area contributed by atoms with Crippen molar-refractivity contribution in [3.63, 3.8) is 0 Å². The molecule has 0 aliphatic heterocycles. The minimum absolute atomic E-state index is 0.794. The number of nitrogens with one attached hydrogen (secondary N) is 1. The van der Waals surface area contributed by atoms with Crippen LogP contribution >= 0.6 is 11.3 Å². The zero-order chi connectivity index (χ0) is 11.5. The summed E-state index contributed by atoms with van der Waals surface area (Å²) >= 11 is 1.90. The molecule has 16 heavy (non-hydrogen) atoms. The number of rotatable bonds is 3. The van der Waals surface area contributed by atoms with Gasteiger partial charge in [-0.3, -0.25) is 0 Å². The topological polar surface area (TPSA) is 12.0 Å². The molecule has 1 fully saturated rings. The van der Waals surface area contributed by atoms with Crippen molar-refractivity contribution in [1.82, 2.24) is 5.32 Å². The Labute approximate surface area is 103 Å². The molecule has 1 aromatic heterocycles. The molecule has 0 saturated heterocycles. The fraction of sp³-hybridized carbons (Fsp3) is 0.714. The largest absolute Gasteiger partial charge is 0.319 e. The SMILES string of the molecule is CNCC1CCC(C)CC1c1ccsc1C. The van der Waals surface area contributed by atoms with E-state index in [4.69, 9.17) is 0 Å². The summed E-state index contributed by atoms with van der Waals surface area (Å²) in [4.78, 5) is 1.53. The Morgan fingerprint density at radius 3 is 2.88 bits per heavy atom. The first-order chi connectivity index (χ1) is 7.72. The fourth-order valence-electron chi connectivity index (χ4n) is 3.11. The van der Waals surface area contributed by atoms with Crippen molar-refractivity contribution in [3.8, 4) is 0 Å². The monoisotopic (exact) mass is 237 g/mol. The third kappa shape index (κ3) is 2.49. The van der Waals surface area contributed by atoms with Gasteiger partial charge in [0.25, 0.3) is 0 Å². The Balaban J connectivity index is 2.17. The summed E-state index contributed by atoms with van der Waals surface area (Å²) < 4.78 is 0. The van der Waals surface area contributed by atoms with Crippen LogP contribution in [-0.4, -0.2) is 13.6 Å². The predicted molar refractivity (Wildman–Crippen MR) is 72.2 cm³/mol. The highest BCUT2D eigenvalue weighted by molar-refractivity contribution is 7.10. The summed E-state index contributed by atoms with van der Waals surface area (Å²) in [5.41, 5.74) is 1.62. The number of thiophene rings is 1. The third-order valence-electron chi connectivity index (χ3n) is 4.02. The first-order valence-electron chi connectivity index (χ1n) is 6.41. The molecule has 1 aliphatic carbocycles. The maximum atomic E-state index is 3.37. The summed E-state index contributed by atoms with van der Waals surface area (Å²) in [5.74, 6) is 2.54. The van der Waals surface area contributed by atoms with Gasteiger partial charge >= 0.3 is 0 Å². The van der Waals surface area contributed by atoms with Crippen LogP contribution in [0, 0.1) is 18.8 Å². The average molecular weight is 237 g/mol. The number of hydrogen-bond acceptors (Lipinski definition) is 2. The second kappa shape index (κ2) is 5.33. The minimum atomic E-state index is 0.794. The lowest BCUT2D eigenvalue weighted by molar-refractivity contribution is 0.245. The highest BCUT2D eigenvalue weighted by atomic mass is 32.1. The van der Waals surface area contributed by atoms with E-state index in [2.05, 4.69) is 37.7 Å². The van der Waals surface area contributed by atoms with E-state index in [9.17, 15) is 0 Å². The van der Waals surface area contributed by atoms with Crippen LogP contribution in [0.3, 0.4) is 0 Å². The van der Waals surface area contributed by atoms with Gasteiger partial charge in [-0.15, -0.1) is 11.3 Å². The predicted octanol–water partition coefficient (Wildman–Crippen LogP) is 3.80. The van der Waals surface area contributed by atoms with Crippen LogP contribution in [0.25, 0.3) is 0 Å². The van der Waals surface area contributed by atoms with Crippen molar-refractivity contribution in [3.05, 3.63) is 21.9 Å². The molecule has 3 atom stereocenters. The van der Waals surface area contributed by atoms with Gasteiger partial charge in [-0.2, -0.15) is 0 Å². The van der Waals surface area contributed by atoms with Gasteiger partial charge in [-0.25, -0.2) is 0 Å². The first kappa shape index (κ1) is 12.1. The summed E-state index contributed by atoms with van der Waals surface area (Å²) in [7, 11) is 2.08. The van der Waals surface area contributed by atoms with Crippen molar-refractivity contribution < 1.29 is 0 Å². The fourth-order valence-corrected chi connectivity index (χ4v) is 3.88. The molecule has 0 amide bonds. The Kier molecular flexibility index (Phi) is 4.04. The Hall–Kier alpha value is -0.340. The molecule has 2 rings (SSSR count). The Morgan fingerprint density at radius 2 is 2.25 bits per heavy atom. The molecule has 1 aliphatic rings. The van der Waals surface area contributed by atoms with Crippen molar-refractivity contribution in [2.45, 2.75) is 39.0 Å². The van der Waals surface area contributed by atoms with Gasteiger partial charge in [0.05, 0.1) is 0 Å². The molecule has 0 aromatic carbocycles. The van der Waals surface area contributed by atoms with Crippen molar-refractivity contribution in [2.24, 2.45) is 11.8 Å². The summed E-state index contributed by atoms with van der Waals surface area (Å²) in [6, 6.07) is 2.35. The highest BCUT2D eigenvalue weighted by Crippen LogP contribution is 2.42. The molecule has 3 unspecified atom stereocenters. The maximum absolute atomic E-state index is 3.37. The molecular formula is C14H23NS. The zero-order valence-corrected chi connectivity index (χ0v) is 11.4. The van der Waals surface area contributed by atoms with E-state index >= 15 is 0 Å². The Bertz CT molecular complexity index is 331. The quantitative estimate of drug-likeness (QED) is 0.843. The molecule has 1 aromatic rings. The molecule has 1 nitrogen and oxygen atoms in total. The summed E-state index contributed by atoms with van der Waals surface area (Å²) in [5, 5.41) is 5.62. The van der Waals surface area contributed by atoms with Gasteiger partial charge in [0.15, 0.2) is 0 Å². The molecule has 1 N–H and O–H groups in total. The highest BCUT2D eigenvalue weighted by Gasteiger charge is 2.30. The van der Waals surface area contributed by atoms with Crippen LogP contribution in [0.5, 0.6) is 0 Å². The second-order valence-electron chi connectivity index (χ2n) is 5.27. The van der Waals surface area contributed by atoms with Crippen LogP contribution in [0.1, 0.15) is 42.5 Å². The molecule has 0 radical (unpaired) electrons. The standard InChI is InChI=1S/C14H23NS/c1-10-4-5-12(9-15-3)14(8-10)13-6-7-16-11(13)2/h6-7,10,12,14-15H,4-5,8-9H2,1-3H3. The smallest absolute Gasteiger partial charge is 0.00491 e. The van der Waals surface area contributed by atoms with E-state index in [0.29, 0.717) is 0 Å². The van der Waals surface area contributed by atoms with E-state index in [0.717, 1.165) is 17.8 Å². The molecule has 0 bridgehead atoms. The van der Waals surface area contributed by atoms with E-state index in [-0.39, 0.29) is 0 Å². The van der Waals surface area contributed by atoms with E-state index < -0.39 is 0 Å². The summed E-state index contributed by atoms with van der Waals surface area (Å²) in [6.45, 7) is 5.85. The third-order valence-corrected chi connectivity index (χ3v) is 4.88. The molecule has 1 heterocycles. The average Bonchev–Trinajstić information content (AvgIpc) is 2.67. The number of hydrogen-bond donors (Lipinski definition) is 1. The molecular weight excluding hydrogens is 214 g/mol. The minimum Gasteiger partial charge on any atom is -0.319 e. The molecule has 2 heteroatoms. The van der Waals surface area contributed by atoms with Gasteiger partial charge < -0.3 is 5.32 Å².